The van der Waals surface area contributed by atoms with Crippen LogP contribution in [-0.4, -0.2) is 63.1 Å². The quantitative estimate of drug-likeness (QED) is 0.744. The van der Waals surface area contributed by atoms with E-state index in [4.69, 9.17) is 4.42 Å². The number of likely N-dealkylation sites (tertiary alicyclic amines) is 2. The van der Waals surface area contributed by atoms with Gasteiger partial charge in [0.2, 0.25) is 17.7 Å². The molecule has 30 heavy (non-hydrogen) atoms. The van der Waals surface area contributed by atoms with Crippen molar-refractivity contribution in [3.8, 4) is 0 Å². The minimum atomic E-state index is 0.0753. The average molecular weight is 413 g/mol. The minimum absolute atomic E-state index is 0.0753. The average Bonchev–Trinajstić information content (AvgIpc) is 3.26. The second kappa shape index (κ2) is 10.1. The van der Waals surface area contributed by atoms with Crippen LogP contribution in [-0.2, 0) is 24.3 Å². The van der Waals surface area contributed by atoms with E-state index in [1.54, 1.807) is 6.20 Å². The molecule has 0 radical (unpaired) electrons. The first-order valence-electron chi connectivity index (χ1n) is 11.2. The van der Waals surface area contributed by atoms with Crippen LogP contribution >= 0.6 is 0 Å². The fraction of sp³-hybridized carbons (Fsp3) is 0.636. The molecule has 4 heterocycles. The zero-order chi connectivity index (χ0) is 20.8. The fourth-order valence-corrected chi connectivity index (χ4v) is 4.51. The maximum absolute atomic E-state index is 12.7. The predicted molar refractivity (Wildman–Crippen MR) is 112 cm³/mol. The lowest BCUT2D eigenvalue weighted by atomic mass is 9.93. The van der Waals surface area contributed by atoms with E-state index in [-0.39, 0.29) is 11.8 Å². The molecule has 162 valence electrons. The number of hydrogen-bond donors (Lipinski definition) is 1. The first-order valence-corrected chi connectivity index (χ1v) is 11.2. The lowest BCUT2D eigenvalue weighted by Gasteiger charge is -2.41. The molecule has 2 aromatic heterocycles. The van der Waals surface area contributed by atoms with Gasteiger partial charge in [-0.05, 0) is 44.4 Å². The molecule has 4 rings (SSSR count). The zero-order valence-electron chi connectivity index (χ0n) is 17.8. The molecule has 2 aliphatic heterocycles. The fourth-order valence-electron chi connectivity index (χ4n) is 4.51. The molecule has 0 aliphatic carbocycles. The summed E-state index contributed by atoms with van der Waals surface area (Å²) in [5, 5.41) is 11.3. The summed E-state index contributed by atoms with van der Waals surface area (Å²) < 4.78 is 5.65. The van der Waals surface area contributed by atoms with Crippen LogP contribution in [0.1, 0.15) is 50.1 Å². The molecule has 0 saturated carbocycles. The molecule has 1 amide bonds. The molecule has 0 unspecified atom stereocenters. The van der Waals surface area contributed by atoms with Gasteiger partial charge in [0, 0.05) is 38.3 Å². The van der Waals surface area contributed by atoms with E-state index in [0.717, 1.165) is 70.5 Å². The molecule has 0 aromatic carbocycles. The third-order valence-corrected chi connectivity index (χ3v) is 6.24. The molecule has 2 aliphatic rings. The van der Waals surface area contributed by atoms with Gasteiger partial charge in [-0.3, -0.25) is 19.6 Å². The lowest BCUT2D eigenvalue weighted by molar-refractivity contribution is -0.127. The molecule has 2 fully saturated rings. The normalized spacial score (nSPS) is 21.6. The van der Waals surface area contributed by atoms with Gasteiger partial charge >= 0.3 is 0 Å². The Morgan fingerprint density at radius 1 is 1.17 bits per heavy atom. The number of nitrogens with zero attached hydrogens (tertiary/aromatic N) is 5. The minimum Gasteiger partial charge on any atom is -0.424 e. The van der Waals surface area contributed by atoms with Gasteiger partial charge in [-0.25, -0.2) is 0 Å². The Hall–Kier alpha value is -2.32. The molecule has 1 atom stereocenters. The summed E-state index contributed by atoms with van der Waals surface area (Å²) in [6.07, 6.45) is 6.84. The number of aromatic nitrogens is 3. The number of aryl methyl sites for hydroxylation is 1. The highest BCUT2D eigenvalue weighted by Gasteiger charge is 2.31. The van der Waals surface area contributed by atoms with E-state index in [9.17, 15) is 4.79 Å². The molecule has 0 spiro atoms. The van der Waals surface area contributed by atoms with Crippen molar-refractivity contribution in [2.45, 2.75) is 58.2 Å². The number of amides is 1. The van der Waals surface area contributed by atoms with Crippen LogP contribution in [0.5, 0.6) is 0 Å². The summed E-state index contributed by atoms with van der Waals surface area (Å²) in [6, 6.07) is 6.34. The van der Waals surface area contributed by atoms with Crippen molar-refractivity contribution in [2.24, 2.45) is 5.92 Å². The third-order valence-electron chi connectivity index (χ3n) is 6.24. The van der Waals surface area contributed by atoms with Crippen LogP contribution in [0.2, 0.25) is 0 Å². The Morgan fingerprint density at radius 2 is 2.00 bits per heavy atom. The van der Waals surface area contributed by atoms with E-state index in [2.05, 4.69) is 30.3 Å². The van der Waals surface area contributed by atoms with Crippen LogP contribution in [0.15, 0.2) is 28.8 Å². The standard InChI is InChI=1S/C22H32N6O2/c1-2-20-25-26-21(30-20)16-27-12-8-19(9-13-27)28-11-5-6-17(15-28)22(29)24-14-18-7-3-4-10-23-18/h3-4,7,10,17,19H,2,5-6,8-9,11-16H2,1H3,(H,24,29)/t17-/m0/s1. The summed E-state index contributed by atoms with van der Waals surface area (Å²) in [7, 11) is 0. The van der Waals surface area contributed by atoms with Gasteiger partial charge in [0.1, 0.15) is 0 Å². The van der Waals surface area contributed by atoms with Crippen LogP contribution in [0.4, 0.5) is 0 Å². The Morgan fingerprint density at radius 3 is 2.73 bits per heavy atom. The van der Waals surface area contributed by atoms with Crippen molar-refractivity contribution in [2.75, 3.05) is 26.2 Å². The SMILES string of the molecule is CCc1nnc(CN2CCC(N3CCC[C@H](C(=O)NCc4ccccn4)C3)CC2)o1. The highest BCUT2D eigenvalue weighted by atomic mass is 16.4. The van der Waals surface area contributed by atoms with E-state index in [1.165, 1.54) is 0 Å². The number of hydrogen-bond acceptors (Lipinski definition) is 7. The lowest BCUT2D eigenvalue weighted by Crippen LogP contribution is -2.50. The smallest absolute Gasteiger partial charge is 0.230 e. The summed E-state index contributed by atoms with van der Waals surface area (Å²) in [5.41, 5.74) is 0.901. The number of rotatable bonds is 7. The molecule has 1 N–H and O–H groups in total. The van der Waals surface area contributed by atoms with Crippen molar-refractivity contribution in [1.29, 1.82) is 0 Å². The van der Waals surface area contributed by atoms with Gasteiger partial charge in [-0.2, -0.15) is 0 Å². The molecule has 2 aromatic rings. The molecule has 0 bridgehead atoms. The number of pyridine rings is 1. The Labute approximate surface area is 178 Å². The molecule has 2 saturated heterocycles. The zero-order valence-corrected chi connectivity index (χ0v) is 17.8. The Kier molecular flexibility index (Phi) is 7.07. The van der Waals surface area contributed by atoms with Crippen LogP contribution in [0, 0.1) is 5.92 Å². The van der Waals surface area contributed by atoms with E-state index in [1.807, 2.05) is 25.1 Å². The number of piperidine rings is 2. The Balaban J connectivity index is 1.22. The largest absolute Gasteiger partial charge is 0.424 e. The van der Waals surface area contributed by atoms with Gasteiger partial charge in [0.25, 0.3) is 0 Å². The summed E-state index contributed by atoms with van der Waals surface area (Å²) in [5.74, 6) is 1.66. The Bertz CT molecular complexity index is 803. The molecule has 8 heteroatoms. The highest BCUT2D eigenvalue weighted by Crippen LogP contribution is 2.24. The van der Waals surface area contributed by atoms with Gasteiger partial charge in [0.05, 0.1) is 24.7 Å². The van der Waals surface area contributed by atoms with E-state index in [0.29, 0.717) is 24.4 Å². The highest BCUT2D eigenvalue weighted by molar-refractivity contribution is 5.78. The van der Waals surface area contributed by atoms with Crippen molar-refractivity contribution in [1.82, 2.24) is 30.3 Å². The van der Waals surface area contributed by atoms with Gasteiger partial charge in [0.15, 0.2) is 0 Å². The molecule has 8 nitrogen and oxygen atoms in total. The van der Waals surface area contributed by atoms with Crippen LogP contribution < -0.4 is 5.32 Å². The number of nitrogens with one attached hydrogen (secondary N) is 1. The van der Waals surface area contributed by atoms with Crippen molar-refractivity contribution in [3.63, 3.8) is 0 Å². The van der Waals surface area contributed by atoms with Crippen molar-refractivity contribution in [3.05, 3.63) is 41.9 Å². The number of carbonyl (C=O) groups is 1. The number of carbonyl (C=O) groups excluding carboxylic acids is 1. The summed E-state index contributed by atoms with van der Waals surface area (Å²) in [6.45, 7) is 7.28. The van der Waals surface area contributed by atoms with Crippen molar-refractivity contribution < 1.29 is 9.21 Å². The first kappa shape index (κ1) is 20.9. The third kappa shape index (κ3) is 5.43. The maximum Gasteiger partial charge on any atom is 0.230 e. The van der Waals surface area contributed by atoms with Gasteiger partial charge in [-0.1, -0.05) is 13.0 Å². The predicted octanol–water partition coefficient (Wildman–Crippen LogP) is 2.02. The second-order valence-electron chi connectivity index (χ2n) is 8.32. The van der Waals surface area contributed by atoms with Gasteiger partial charge in [-0.15, -0.1) is 10.2 Å². The van der Waals surface area contributed by atoms with Crippen LogP contribution in [0.3, 0.4) is 0 Å². The van der Waals surface area contributed by atoms with E-state index >= 15 is 0 Å². The molecular formula is C22H32N6O2. The first-order chi connectivity index (χ1) is 14.7. The van der Waals surface area contributed by atoms with E-state index < -0.39 is 0 Å². The monoisotopic (exact) mass is 412 g/mol. The second-order valence-corrected chi connectivity index (χ2v) is 8.32. The maximum atomic E-state index is 12.7. The topological polar surface area (TPSA) is 87.4 Å². The van der Waals surface area contributed by atoms with Crippen molar-refractivity contribution >= 4 is 5.91 Å². The van der Waals surface area contributed by atoms with Gasteiger partial charge < -0.3 is 9.73 Å². The summed E-state index contributed by atoms with van der Waals surface area (Å²) >= 11 is 0. The molecular weight excluding hydrogens is 380 g/mol. The van der Waals surface area contributed by atoms with Crippen LogP contribution in [0.25, 0.3) is 0 Å². The summed E-state index contributed by atoms with van der Waals surface area (Å²) in [4.78, 5) is 21.9.